The van der Waals surface area contributed by atoms with Gasteiger partial charge in [-0.25, -0.2) is 4.98 Å². The maximum Gasteiger partial charge on any atom is 0.105 e. The van der Waals surface area contributed by atoms with Crippen LogP contribution >= 0.6 is 0 Å². The van der Waals surface area contributed by atoms with Crippen LogP contribution < -0.4 is 5.32 Å². The lowest BCUT2D eigenvalue weighted by molar-refractivity contribution is 0.418. The highest BCUT2D eigenvalue weighted by molar-refractivity contribution is 5.27. The number of hydrogen-bond acceptors (Lipinski definition) is 2. The van der Waals surface area contributed by atoms with E-state index in [-0.39, 0.29) is 5.41 Å². The molecule has 0 unspecified atom stereocenters. The normalized spacial score (nSPS) is 20.0. The van der Waals surface area contributed by atoms with E-state index in [0.29, 0.717) is 0 Å². The van der Waals surface area contributed by atoms with Crippen molar-refractivity contribution in [3.63, 3.8) is 0 Å². The highest BCUT2D eigenvalue weighted by Gasteiger charge is 2.31. The highest BCUT2D eigenvalue weighted by atomic mass is 15.1. The monoisotopic (exact) mass is 179 g/mol. The Morgan fingerprint density at radius 3 is 2.77 bits per heavy atom. The summed E-state index contributed by atoms with van der Waals surface area (Å²) in [6.07, 6.45) is 0. The summed E-state index contributed by atoms with van der Waals surface area (Å²) >= 11 is 0. The molecule has 0 saturated heterocycles. The van der Waals surface area contributed by atoms with Crippen molar-refractivity contribution in [2.45, 2.75) is 32.7 Å². The maximum atomic E-state index is 4.63. The lowest BCUT2D eigenvalue weighted by Gasteiger charge is -2.29. The lowest BCUT2D eigenvalue weighted by atomic mass is 9.85. The number of aryl methyl sites for hydroxylation is 1. The molecule has 1 aliphatic rings. The summed E-state index contributed by atoms with van der Waals surface area (Å²) in [5.74, 6) is 1.11. The van der Waals surface area contributed by atoms with Gasteiger partial charge < -0.3 is 9.88 Å². The van der Waals surface area contributed by atoms with Crippen molar-refractivity contribution in [2.75, 3.05) is 6.54 Å². The van der Waals surface area contributed by atoms with Crippen LogP contribution in [0, 0.1) is 6.92 Å². The molecule has 0 aliphatic carbocycles. The molecule has 0 radical (unpaired) electrons. The zero-order valence-electron chi connectivity index (χ0n) is 8.81. The van der Waals surface area contributed by atoms with Crippen molar-refractivity contribution in [1.82, 2.24) is 14.9 Å². The molecule has 13 heavy (non-hydrogen) atoms. The minimum Gasteiger partial charge on any atom is -0.334 e. The van der Waals surface area contributed by atoms with Gasteiger partial charge in [0.1, 0.15) is 5.82 Å². The van der Waals surface area contributed by atoms with E-state index in [0.717, 1.165) is 18.9 Å². The van der Waals surface area contributed by atoms with Crippen LogP contribution in [0.2, 0.25) is 0 Å². The summed E-state index contributed by atoms with van der Waals surface area (Å²) in [6.45, 7) is 8.52. The Morgan fingerprint density at radius 2 is 2.15 bits per heavy atom. The third-order valence-electron chi connectivity index (χ3n) is 2.94. The van der Waals surface area contributed by atoms with Crippen LogP contribution in [0.15, 0.2) is 0 Å². The van der Waals surface area contributed by atoms with Crippen LogP contribution in [-0.4, -0.2) is 16.1 Å². The van der Waals surface area contributed by atoms with Crippen molar-refractivity contribution >= 4 is 0 Å². The smallest absolute Gasteiger partial charge is 0.105 e. The Bertz CT molecular complexity index is 336. The first-order valence-electron chi connectivity index (χ1n) is 4.76. The van der Waals surface area contributed by atoms with E-state index in [1.807, 2.05) is 0 Å². The van der Waals surface area contributed by atoms with Crippen LogP contribution in [-0.2, 0) is 19.0 Å². The van der Waals surface area contributed by atoms with Gasteiger partial charge in [0.05, 0.1) is 11.4 Å². The average molecular weight is 179 g/mol. The molecule has 3 heteroatoms. The van der Waals surface area contributed by atoms with Gasteiger partial charge in [-0.15, -0.1) is 0 Å². The topological polar surface area (TPSA) is 29.9 Å². The van der Waals surface area contributed by atoms with Crippen molar-refractivity contribution < 1.29 is 0 Å². The number of imidazole rings is 1. The Kier molecular flexibility index (Phi) is 1.74. The average Bonchev–Trinajstić information content (AvgIpc) is 2.32. The molecule has 0 fully saturated rings. The van der Waals surface area contributed by atoms with E-state index in [2.05, 4.69) is 42.7 Å². The van der Waals surface area contributed by atoms with Crippen molar-refractivity contribution in [3.8, 4) is 0 Å². The van der Waals surface area contributed by atoms with Crippen molar-refractivity contribution in [3.05, 3.63) is 17.2 Å². The van der Waals surface area contributed by atoms with E-state index in [1.165, 1.54) is 11.4 Å². The second kappa shape index (κ2) is 2.58. The minimum absolute atomic E-state index is 0.180. The first kappa shape index (κ1) is 8.75. The first-order chi connectivity index (χ1) is 6.02. The Morgan fingerprint density at radius 1 is 1.46 bits per heavy atom. The van der Waals surface area contributed by atoms with E-state index in [9.17, 15) is 0 Å². The van der Waals surface area contributed by atoms with E-state index in [1.54, 1.807) is 0 Å². The molecule has 0 atom stereocenters. The Balaban J connectivity index is 2.59. The lowest BCUT2D eigenvalue weighted by Crippen LogP contribution is -2.39. The summed E-state index contributed by atoms with van der Waals surface area (Å²) in [4.78, 5) is 4.63. The molecular formula is C10H17N3. The SMILES string of the molecule is Cc1nc2c(n1C)CNCC2(C)C. The standard InChI is InChI=1S/C10H17N3/c1-7-12-9-8(13(7)4)5-11-6-10(9,2)3/h11H,5-6H2,1-4H3. The predicted molar refractivity (Wildman–Crippen MR) is 52.7 cm³/mol. The van der Waals surface area contributed by atoms with Gasteiger partial charge in [-0.3, -0.25) is 0 Å². The minimum atomic E-state index is 0.180. The summed E-state index contributed by atoms with van der Waals surface area (Å²) in [6, 6.07) is 0. The van der Waals surface area contributed by atoms with Gasteiger partial charge in [0.2, 0.25) is 0 Å². The zero-order chi connectivity index (χ0) is 9.64. The molecule has 2 heterocycles. The van der Waals surface area contributed by atoms with Crippen molar-refractivity contribution in [2.24, 2.45) is 7.05 Å². The molecule has 0 spiro atoms. The highest BCUT2D eigenvalue weighted by Crippen LogP contribution is 2.28. The number of nitrogens with one attached hydrogen (secondary N) is 1. The fourth-order valence-corrected chi connectivity index (χ4v) is 1.98. The van der Waals surface area contributed by atoms with Crippen LogP contribution in [0.3, 0.4) is 0 Å². The zero-order valence-corrected chi connectivity index (χ0v) is 8.81. The van der Waals surface area contributed by atoms with Gasteiger partial charge in [0, 0.05) is 25.6 Å². The van der Waals surface area contributed by atoms with Gasteiger partial charge in [0.15, 0.2) is 0 Å². The summed E-state index contributed by atoms with van der Waals surface area (Å²) in [7, 11) is 2.09. The molecule has 0 amide bonds. The number of fused-ring (bicyclic) bond motifs is 1. The fourth-order valence-electron chi connectivity index (χ4n) is 1.98. The van der Waals surface area contributed by atoms with Gasteiger partial charge >= 0.3 is 0 Å². The van der Waals surface area contributed by atoms with Crippen LogP contribution in [0.4, 0.5) is 0 Å². The largest absolute Gasteiger partial charge is 0.334 e. The molecule has 0 bridgehead atoms. The van der Waals surface area contributed by atoms with E-state index >= 15 is 0 Å². The molecule has 0 aromatic carbocycles. The third-order valence-corrected chi connectivity index (χ3v) is 2.94. The predicted octanol–water partition coefficient (Wildman–Crippen LogP) is 1.11. The molecule has 0 saturated carbocycles. The number of hydrogen-bond donors (Lipinski definition) is 1. The molecule has 1 aromatic rings. The summed E-state index contributed by atoms with van der Waals surface area (Å²) < 4.78 is 2.18. The van der Waals surface area contributed by atoms with Gasteiger partial charge in [-0.05, 0) is 6.92 Å². The number of nitrogens with zero attached hydrogens (tertiary/aromatic N) is 2. The Labute approximate surface area is 79.2 Å². The number of rotatable bonds is 0. The molecule has 72 valence electrons. The molecule has 3 nitrogen and oxygen atoms in total. The summed E-state index contributed by atoms with van der Waals surface area (Å²) in [5.41, 5.74) is 2.79. The van der Waals surface area contributed by atoms with Crippen molar-refractivity contribution in [1.29, 1.82) is 0 Å². The van der Waals surface area contributed by atoms with Crippen LogP contribution in [0.5, 0.6) is 0 Å². The Hall–Kier alpha value is -0.830. The molecule has 2 rings (SSSR count). The van der Waals surface area contributed by atoms with Gasteiger partial charge in [0.25, 0.3) is 0 Å². The molecule has 1 N–H and O–H groups in total. The molecule has 1 aromatic heterocycles. The van der Waals surface area contributed by atoms with Gasteiger partial charge in [-0.2, -0.15) is 0 Å². The maximum absolute atomic E-state index is 4.63. The van der Waals surface area contributed by atoms with Crippen LogP contribution in [0.25, 0.3) is 0 Å². The van der Waals surface area contributed by atoms with E-state index < -0.39 is 0 Å². The van der Waals surface area contributed by atoms with E-state index in [4.69, 9.17) is 0 Å². The third kappa shape index (κ3) is 1.18. The number of aromatic nitrogens is 2. The quantitative estimate of drug-likeness (QED) is 0.646. The summed E-state index contributed by atoms with van der Waals surface area (Å²) in [5, 5.41) is 3.42. The first-order valence-corrected chi connectivity index (χ1v) is 4.76. The second-order valence-corrected chi connectivity index (χ2v) is 4.50. The second-order valence-electron chi connectivity index (χ2n) is 4.50. The van der Waals surface area contributed by atoms with Gasteiger partial charge in [-0.1, -0.05) is 13.8 Å². The molecule has 1 aliphatic heterocycles. The molecular weight excluding hydrogens is 162 g/mol. The fraction of sp³-hybridized carbons (Fsp3) is 0.700. The van der Waals surface area contributed by atoms with Crippen LogP contribution in [0.1, 0.15) is 31.1 Å².